The molecule has 2 aliphatic rings. The van der Waals surface area contributed by atoms with E-state index in [1.165, 1.54) is 16.2 Å². The van der Waals surface area contributed by atoms with Gasteiger partial charge in [0.25, 0.3) is 5.91 Å². The van der Waals surface area contributed by atoms with Crippen LogP contribution in [0.15, 0.2) is 66.0 Å². The van der Waals surface area contributed by atoms with Crippen LogP contribution in [0.2, 0.25) is 0 Å². The van der Waals surface area contributed by atoms with Gasteiger partial charge in [-0.2, -0.15) is 0 Å². The third kappa shape index (κ3) is 5.46. The first-order valence-corrected chi connectivity index (χ1v) is 14.6. The highest BCUT2D eigenvalue weighted by Gasteiger charge is 2.52. The Labute approximate surface area is 246 Å². The number of amidine groups is 1. The Hall–Kier alpha value is -4.32. The van der Waals surface area contributed by atoms with Crippen molar-refractivity contribution in [3.05, 3.63) is 82.0 Å². The van der Waals surface area contributed by atoms with Crippen LogP contribution in [0.5, 0.6) is 0 Å². The van der Waals surface area contributed by atoms with E-state index in [0.717, 1.165) is 26.4 Å². The lowest BCUT2D eigenvalue weighted by Crippen LogP contribution is -2.49. The van der Waals surface area contributed by atoms with E-state index in [2.05, 4.69) is 16.7 Å². The van der Waals surface area contributed by atoms with Crippen molar-refractivity contribution in [3.63, 3.8) is 0 Å². The number of nitrogen functional groups attached to an aromatic ring is 1. The number of ether oxygens (including phenoxy) is 2. The van der Waals surface area contributed by atoms with E-state index >= 15 is 0 Å². The molecule has 0 aliphatic carbocycles. The van der Waals surface area contributed by atoms with E-state index < -0.39 is 17.7 Å². The van der Waals surface area contributed by atoms with Gasteiger partial charge in [-0.25, -0.2) is 0 Å². The standard InChI is InChI=1S/C31H31N5O5S/c1-18(26-13-24(16-42-26)28(32)33)35-30(39)25-14-31(40-8-9-41-31)17-36(25)27(37)15-34-29(38)22-7-6-21-10-19-4-2-3-5-20(19)11-23(21)12-22/h2-7,10-13,16,18,25H,8-9,14-15,17H2,1H3,(H3,32,33)(H,34,38)(H,35,39)/t18-,25?/m1/s1. The van der Waals surface area contributed by atoms with Gasteiger partial charge in [0.1, 0.15) is 11.9 Å². The van der Waals surface area contributed by atoms with Crippen molar-refractivity contribution in [2.45, 2.75) is 31.2 Å². The number of likely N-dealkylation sites (tertiary alicyclic amines) is 1. The Bertz CT molecular complexity index is 1710. The van der Waals surface area contributed by atoms with Gasteiger partial charge in [-0.1, -0.05) is 30.3 Å². The van der Waals surface area contributed by atoms with Crippen molar-refractivity contribution in [2.75, 3.05) is 26.3 Å². The quantitative estimate of drug-likeness (QED) is 0.149. The fourth-order valence-corrected chi connectivity index (χ4v) is 6.50. The number of benzene rings is 3. The van der Waals surface area contributed by atoms with Gasteiger partial charge in [-0.15, -0.1) is 11.3 Å². The Morgan fingerprint density at radius 2 is 1.71 bits per heavy atom. The third-order valence-electron chi connectivity index (χ3n) is 7.81. The Balaban J connectivity index is 1.14. The fraction of sp³-hybridized carbons (Fsp3) is 0.290. The van der Waals surface area contributed by atoms with E-state index in [1.54, 1.807) is 17.5 Å². The molecule has 10 nitrogen and oxygen atoms in total. The molecule has 0 radical (unpaired) electrons. The van der Waals surface area contributed by atoms with E-state index in [0.29, 0.717) is 24.3 Å². The number of nitrogens with zero attached hydrogens (tertiary/aromatic N) is 1. The Morgan fingerprint density at radius 3 is 2.40 bits per heavy atom. The molecule has 3 heterocycles. The van der Waals surface area contributed by atoms with Crippen molar-refractivity contribution in [2.24, 2.45) is 5.73 Å². The zero-order valence-electron chi connectivity index (χ0n) is 23.0. The van der Waals surface area contributed by atoms with E-state index in [9.17, 15) is 14.4 Å². The summed E-state index contributed by atoms with van der Waals surface area (Å²) in [7, 11) is 0. The van der Waals surface area contributed by atoms with Crippen molar-refractivity contribution in [1.82, 2.24) is 15.5 Å². The number of nitrogens with two attached hydrogens (primary N) is 1. The van der Waals surface area contributed by atoms with Crippen molar-refractivity contribution >= 4 is 56.4 Å². The molecule has 3 aromatic carbocycles. The minimum absolute atomic E-state index is 0.0414. The molecule has 4 aromatic rings. The van der Waals surface area contributed by atoms with E-state index in [1.807, 2.05) is 49.4 Å². The highest BCUT2D eigenvalue weighted by molar-refractivity contribution is 7.10. The molecule has 3 amide bonds. The normalized spacial score (nSPS) is 18.4. The highest BCUT2D eigenvalue weighted by Crippen LogP contribution is 2.35. The summed E-state index contributed by atoms with van der Waals surface area (Å²) in [6.07, 6.45) is 0.188. The smallest absolute Gasteiger partial charge is 0.251 e. The number of hydrogen-bond donors (Lipinski definition) is 4. The lowest BCUT2D eigenvalue weighted by atomic mass is 10.0. The third-order valence-corrected chi connectivity index (χ3v) is 8.93. The second-order valence-corrected chi connectivity index (χ2v) is 11.6. The zero-order chi connectivity index (χ0) is 29.4. The molecule has 2 aliphatic heterocycles. The molecule has 0 saturated carbocycles. The number of nitrogens with one attached hydrogen (secondary N) is 3. The number of carbonyl (C=O) groups is 3. The second kappa shape index (κ2) is 11.2. The summed E-state index contributed by atoms with van der Waals surface area (Å²) in [6.45, 7) is 2.40. The van der Waals surface area contributed by atoms with Crippen LogP contribution in [-0.2, 0) is 19.1 Å². The van der Waals surface area contributed by atoms with Crippen molar-refractivity contribution in [1.29, 1.82) is 5.41 Å². The molecular formula is C31H31N5O5S. The van der Waals surface area contributed by atoms with Crippen molar-refractivity contribution < 1.29 is 23.9 Å². The van der Waals surface area contributed by atoms with Gasteiger partial charge in [0.15, 0.2) is 5.79 Å². The molecule has 216 valence electrons. The van der Waals surface area contributed by atoms with Gasteiger partial charge in [-0.3, -0.25) is 19.8 Å². The molecule has 2 atom stereocenters. The number of rotatable bonds is 7. The number of carbonyl (C=O) groups excluding carboxylic acids is 3. The van der Waals surface area contributed by atoms with Crippen LogP contribution in [0.1, 0.15) is 40.2 Å². The lowest BCUT2D eigenvalue weighted by molar-refractivity contribution is -0.152. The molecule has 5 N–H and O–H groups in total. The first kappa shape index (κ1) is 27.8. The van der Waals surface area contributed by atoms with Crippen LogP contribution < -0.4 is 16.4 Å². The van der Waals surface area contributed by atoms with Crippen LogP contribution in [0.3, 0.4) is 0 Å². The number of amides is 3. The Morgan fingerprint density at radius 1 is 1.02 bits per heavy atom. The average Bonchev–Trinajstić information content (AvgIpc) is 3.75. The summed E-state index contributed by atoms with van der Waals surface area (Å²) in [4.78, 5) is 42.2. The molecule has 42 heavy (non-hydrogen) atoms. The van der Waals surface area contributed by atoms with Crippen LogP contribution >= 0.6 is 11.3 Å². The molecule has 2 saturated heterocycles. The maximum absolute atomic E-state index is 13.4. The SMILES string of the molecule is C[C@@H](NC(=O)C1CC2(CN1C(=O)CNC(=O)c1ccc3cc4ccccc4cc3c1)OCCO2)c1cc(C(=N)N)cs1. The summed E-state index contributed by atoms with van der Waals surface area (Å²) < 4.78 is 11.7. The van der Waals surface area contributed by atoms with Crippen LogP contribution in [0.4, 0.5) is 0 Å². The maximum Gasteiger partial charge on any atom is 0.251 e. The van der Waals surface area contributed by atoms with Gasteiger partial charge in [0.05, 0.1) is 32.3 Å². The summed E-state index contributed by atoms with van der Waals surface area (Å²) in [6, 6.07) is 18.2. The van der Waals surface area contributed by atoms with E-state index in [-0.39, 0.29) is 43.2 Å². The first-order valence-electron chi connectivity index (χ1n) is 13.7. The molecule has 1 aromatic heterocycles. The Kier molecular flexibility index (Phi) is 7.40. The van der Waals surface area contributed by atoms with Crippen LogP contribution in [-0.4, -0.2) is 66.6 Å². The molecule has 0 bridgehead atoms. The zero-order valence-corrected chi connectivity index (χ0v) is 23.8. The minimum atomic E-state index is -1.04. The molecule has 2 fully saturated rings. The number of hydrogen-bond acceptors (Lipinski definition) is 7. The summed E-state index contributed by atoms with van der Waals surface area (Å²) in [5.41, 5.74) is 6.61. The van der Waals surface area contributed by atoms with Gasteiger partial charge in [-0.05, 0) is 58.8 Å². The summed E-state index contributed by atoms with van der Waals surface area (Å²) in [5.74, 6) is -2.22. The fourth-order valence-electron chi connectivity index (χ4n) is 5.58. The predicted octanol–water partition coefficient (Wildman–Crippen LogP) is 3.29. The highest BCUT2D eigenvalue weighted by atomic mass is 32.1. The van der Waals surface area contributed by atoms with Crippen molar-refractivity contribution in [3.8, 4) is 0 Å². The number of fused-ring (bicyclic) bond motifs is 2. The largest absolute Gasteiger partial charge is 0.384 e. The first-order chi connectivity index (χ1) is 20.2. The van der Waals surface area contributed by atoms with Gasteiger partial charge < -0.3 is 30.7 Å². The predicted molar refractivity (Wildman–Crippen MR) is 160 cm³/mol. The average molecular weight is 586 g/mol. The van der Waals surface area contributed by atoms with Gasteiger partial charge in [0, 0.05) is 27.8 Å². The number of thiophene rings is 1. The lowest BCUT2D eigenvalue weighted by Gasteiger charge is -2.25. The molecule has 6 rings (SSSR count). The monoisotopic (exact) mass is 585 g/mol. The molecular weight excluding hydrogens is 554 g/mol. The minimum Gasteiger partial charge on any atom is -0.384 e. The maximum atomic E-state index is 13.4. The topological polar surface area (TPSA) is 147 Å². The van der Waals surface area contributed by atoms with Crippen LogP contribution in [0, 0.1) is 5.41 Å². The molecule has 11 heteroatoms. The van der Waals surface area contributed by atoms with Gasteiger partial charge >= 0.3 is 0 Å². The summed E-state index contributed by atoms with van der Waals surface area (Å²) in [5, 5.41) is 19.2. The second-order valence-electron chi connectivity index (χ2n) is 10.7. The van der Waals surface area contributed by atoms with Gasteiger partial charge in [0.2, 0.25) is 11.8 Å². The molecule has 1 unspecified atom stereocenters. The van der Waals surface area contributed by atoms with E-state index in [4.69, 9.17) is 20.6 Å². The summed E-state index contributed by atoms with van der Waals surface area (Å²) >= 11 is 1.39. The molecule has 1 spiro atoms. The van der Waals surface area contributed by atoms with Crippen LogP contribution in [0.25, 0.3) is 21.5 Å².